The van der Waals surface area contributed by atoms with Gasteiger partial charge in [-0.3, -0.25) is 14.2 Å². The quantitative estimate of drug-likeness (QED) is 0.396. The van der Waals surface area contributed by atoms with E-state index in [1.165, 1.54) is 46.6 Å². The van der Waals surface area contributed by atoms with Gasteiger partial charge in [0.05, 0.1) is 22.1 Å². The predicted octanol–water partition coefficient (Wildman–Crippen LogP) is 3.70. The summed E-state index contributed by atoms with van der Waals surface area (Å²) in [6.07, 6.45) is 5.38. The Morgan fingerprint density at radius 2 is 2.00 bits per heavy atom. The van der Waals surface area contributed by atoms with Crippen LogP contribution in [0, 0.1) is 5.82 Å². The Morgan fingerprint density at radius 1 is 1.21 bits per heavy atom. The number of benzene rings is 1. The molecule has 0 aliphatic carbocycles. The smallest absolute Gasteiger partial charge is 0.284 e. The number of carbonyl (C=O) groups is 1. The highest BCUT2D eigenvalue weighted by Crippen LogP contribution is 2.40. The van der Waals surface area contributed by atoms with Gasteiger partial charge in [0.25, 0.3) is 5.56 Å². The molecule has 0 spiro atoms. The van der Waals surface area contributed by atoms with Crippen molar-refractivity contribution in [3.8, 4) is 5.69 Å². The first-order valence-electron chi connectivity index (χ1n) is 10.6. The summed E-state index contributed by atoms with van der Waals surface area (Å²) < 4.78 is 16.5. The summed E-state index contributed by atoms with van der Waals surface area (Å²) in [5.74, 6) is 0.516. The molecule has 170 valence electrons. The van der Waals surface area contributed by atoms with Crippen LogP contribution >= 0.6 is 11.6 Å². The van der Waals surface area contributed by atoms with Crippen LogP contribution in [-0.2, 0) is 0 Å². The largest absolute Gasteiger partial charge is 0.345 e. The van der Waals surface area contributed by atoms with E-state index in [0.717, 1.165) is 0 Å². The zero-order valence-electron chi connectivity index (χ0n) is 17.9. The average molecular weight is 478 g/mol. The number of anilines is 1. The topological polar surface area (TPSA) is 101 Å². The van der Waals surface area contributed by atoms with Crippen LogP contribution in [0.1, 0.15) is 35.6 Å². The molecule has 0 radical (unpaired) electrons. The number of H-pyrrole nitrogens is 1. The van der Waals surface area contributed by atoms with E-state index >= 15 is 0 Å². The molecule has 1 aromatic carbocycles. The van der Waals surface area contributed by atoms with Gasteiger partial charge in [-0.25, -0.2) is 18.9 Å². The first-order chi connectivity index (χ1) is 16.4. The fourth-order valence-electron chi connectivity index (χ4n) is 4.45. The van der Waals surface area contributed by atoms with Crippen LogP contribution in [0.25, 0.3) is 22.2 Å². The zero-order valence-corrected chi connectivity index (χ0v) is 18.6. The lowest BCUT2D eigenvalue weighted by Gasteiger charge is -2.42. The van der Waals surface area contributed by atoms with Crippen LogP contribution in [0.3, 0.4) is 0 Å². The number of fused-ring (bicyclic) bond motifs is 2. The molecule has 11 heteroatoms. The number of nitrogens with one attached hydrogen (secondary N) is 1. The van der Waals surface area contributed by atoms with Crippen LogP contribution in [0.15, 0.2) is 53.8 Å². The highest BCUT2D eigenvalue weighted by Gasteiger charge is 2.37. The Bertz CT molecular complexity index is 1650. The number of hydrogen-bond donors (Lipinski definition) is 1. The Kier molecular flexibility index (Phi) is 4.53. The van der Waals surface area contributed by atoms with Crippen molar-refractivity contribution >= 4 is 39.8 Å². The second kappa shape index (κ2) is 7.49. The van der Waals surface area contributed by atoms with Crippen LogP contribution in [0.2, 0.25) is 5.02 Å². The molecule has 1 aliphatic heterocycles. The molecular formula is C23H17ClFN7O2. The molecule has 0 saturated carbocycles. The number of nitrogens with zero attached hydrogens (tertiary/aromatic N) is 6. The van der Waals surface area contributed by atoms with E-state index in [1.807, 2.05) is 4.90 Å². The number of Topliss-reactive ketones (excluding diaryl/α,β-unsaturated/α-hetero) is 1. The Hall–Kier alpha value is -4.05. The van der Waals surface area contributed by atoms with Crippen molar-refractivity contribution in [1.29, 1.82) is 0 Å². The highest BCUT2D eigenvalue weighted by molar-refractivity contribution is 6.33. The first-order valence-corrected chi connectivity index (χ1v) is 11.0. The average Bonchev–Trinajstić information content (AvgIpc) is 3.39. The van der Waals surface area contributed by atoms with Gasteiger partial charge < -0.3 is 9.88 Å². The van der Waals surface area contributed by atoms with Gasteiger partial charge in [-0.05, 0) is 43.7 Å². The van der Waals surface area contributed by atoms with Crippen molar-refractivity contribution in [3.05, 3.63) is 81.6 Å². The standard InChI is InChI=1S/C23H17ClFN7O2/c1-12(33)15-10-26-20-18(15)22(28-11-27-20)30-8-7-17(30)21-29-31-9-6-16(24)19(31)23(34)32(21)14-4-2-13(25)3-5-14/h2-6,9-11,17H,7-8H2,1H3,(H,26,27,28)/t17-/m0/s1. The van der Waals surface area contributed by atoms with Gasteiger partial charge >= 0.3 is 0 Å². The SMILES string of the molecule is CC(=O)c1c[nH]c2ncnc(N3CC[C@H]3c3nn4ccc(Cl)c4c(=O)n3-c3ccc(F)cc3)c12. The van der Waals surface area contributed by atoms with Crippen molar-refractivity contribution in [2.75, 3.05) is 11.4 Å². The van der Waals surface area contributed by atoms with Crippen LogP contribution < -0.4 is 10.5 Å². The fourth-order valence-corrected chi connectivity index (χ4v) is 4.68. The summed E-state index contributed by atoms with van der Waals surface area (Å²) in [5, 5.41) is 5.62. The van der Waals surface area contributed by atoms with Gasteiger partial charge in [0.2, 0.25) is 0 Å². The monoisotopic (exact) mass is 477 g/mol. The van der Waals surface area contributed by atoms with Gasteiger partial charge in [0, 0.05) is 24.5 Å². The third kappa shape index (κ3) is 2.95. The summed E-state index contributed by atoms with van der Waals surface area (Å²) in [6, 6.07) is 6.93. The molecule has 4 aromatic heterocycles. The molecule has 1 saturated heterocycles. The molecule has 0 unspecified atom stereocenters. The van der Waals surface area contributed by atoms with Gasteiger partial charge in [0.1, 0.15) is 29.1 Å². The number of aromatic nitrogens is 6. The zero-order chi connectivity index (χ0) is 23.6. The van der Waals surface area contributed by atoms with E-state index in [-0.39, 0.29) is 27.9 Å². The maximum absolute atomic E-state index is 13.6. The molecule has 6 rings (SSSR count). The third-order valence-electron chi connectivity index (χ3n) is 6.17. The molecule has 1 aliphatic rings. The van der Waals surface area contributed by atoms with Crippen molar-refractivity contribution < 1.29 is 9.18 Å². The number of aromatic amines is 1. The van der Waals surface area contributed by atoms with Crippen LogP contribution in [0.4, 0.5) is 10.2 Å². The number of halogens is 2. The molecular weight excluding hydrogens is 461 g/mol. The summed E-state index contributed by atoms with van der Waals surface area (Å²) in [5.41, 5.74) is 1.39. The predicted molar refractivity (Wildman–Crippen MR) is 124 cm³/mol. The van der Waals surface area contributed by atoms with Crippen LogP contribution in [-0.4, -0.2) is 41.5 Å². The van der Waals surface area contributed by atoms with E-state index in [2.05, 4.69) is 15.0 Å². The Balaban J connectivity index is 1.57. The lowest BCUT2D eigenvalue weighted by molar-refractivity contribution is 0.101. The molecule has 34 heavy (non-hydrogen) atoms. The summed E-state index contributed by atoms with van der Waals surface area (Å²) in [7, 11) is 0. The molecule has 1 N–H and O–H groups in total. The number of hydrogen-bond acceptors (Lipinski definition) is 6. The molecule has 1 fully saturated rings. The van der Waals surface area contributed by atoms with E-state index in [1.54, 1.807) is 18.5 Å². The van der Waals surface area contributed by atoms with Crippen molar-refractivity contribution in [3.63, 3.8) is 0 Å². The van der Waals surface area contributed by atoms with E-state index in [0.29, 0.717) is 46.9 Å². The minimum Gasteiger partial charge on any atom is -0.345 e. The molecule has 0 bridgehead atoms. The number of rotatable bonds is 4. The minimum absolute atomic E-state index is 0.107. The van der Waals surface area contributed by atoms with Crippen LogP contribution in [0.5, 0.6) is 0 Å². The highest BCUT2D eigenvalue weighted by atomic mass is 35.5. The summed E-state index contributed by atoms with van der Waals surface area (Å²) >= 11 is 6.27. The Morgan fingerprint density at radius 3 is 2.71 bits per heavy atom. The van der Waals surface area contributed by atoms with Crippen molar-refractivity contribution in [2.45, 2.75) is 19.4 Å². The van der Waals surface area contributed by atoms with E-state index < -0.39 is 5.82 Å². The van der Waals surface area contributed by atoms with E-state index in [9.17, 15) is 14.0 Å². The molecule has 5 heterocycles. The molecule has 9 nitrogen and oxygen atoms in total. The lowest BCUT2D eigenvalue weighted by atomic mass is 10.0. The second-order valence-electron chi connectivity index (χ2n) is 8.11. The maximum atomic E-state index is 13.6. The van der Waals surface area contributed by atoms with Gasteiger partial charge in [-0.15, -0.1) is 0 Å². The third-order valence-corrected chi connectivity index (χ3v) is 6.47. The van der Waals surface area contributed by atoms with Gasteiger partial charge in [0.15, 0.2) is 11.6 Å². The first kappa shape index (κ1) is 20.5. The van der Waals surface area contributed by atoms with Gasteiger partial charge in [-0.1, -0.05) is 11.6 Å². The summed E-state index contributed by atoms with van der Waals surface area (Å²) in [6.45, 7) is 2.13. The molecule has 5 aromatic rings. The molecule has 1 atom stereocenters. The second-order valence-corrected chi connectivity index (χ2v) is 8.52. The fraction of sp³-hybridized carbons (Fsp3) is 0.174. The molecule has 0 amide bonds. The minimum atomic E-state index is -0.411. The lowest BCUT2D eigenvalue weighted by Crippen LogP contribution is -2.45. The van der Waals surface area contributed by atoms with Gasteiger partial charge in [-0.2, -0.15) is 5.10 Å². The van der Waals surface area contributed by atoms with Crippen molar-refractivity contribution in [1.82, 2.24) is 29.1 Å². The van der Waals surface area contributed by atoms with Crippen molar-refractivity contribution in [2.24, 2.45) is 0 Å². The summed E-state index contributed by atoms with van der Waals surface area (Å²) in [4.78, 5) is 39.5. The van der Waals surface area contributed by atoms with E-state index in [4.69, 9.17) is 16.7 Å². The maximum Gasteiger partial charge on any atom is 0.284 e. The number of carbonyl (C=O) groups excluding carboxylic acids is 1. The Labute approximate surface area is 196 Å². The number of ketones is 1. The normalized spacial score (nSPS) is 15.7.